The zero-order valence-corrected chi connectivity index (χ0v) is 13.0. The fourth-order valence-corrected chi connectivity index (χ4v) is 3.63. The molecule has 0 radical (unpaired) electrons. The molecule has 0 saturated heterocycles. The van der Waals surface area contributed by atoms with Gasteiger partial charge in [0, 0.05) is 23.0 Å². The van der Waals surface area contributed by atoms with Crippen LogP contribution in [0.25, 0.3) is 0 Å². The molecule has 0 aliphatic carbocycles. The molecule has 0 N–H and O–H groups in total. The topological polar surface area (TPSA) is 29.5 Å². The van der Waals surface area contributed by atoms with E-state index in [1.807, 2.05) is 16.3 Å². The van der Waals surface area contributed by atoms with Crippen LogP contribution in [-0.4, -0.2) is 24.5 Å². The Labute approximate surface area is 138 Å². The van der Waals surface area contributed by atoms with Crippen molar-refractivity contribution in [2.75, 3.05) is 13.7 Å². The largest absolute Gasteiger partial charge is 0.468 e. The molecular formula is C16H16ClNO2S. The van der Waals surface area contributed by atoms with Gasteiger partial charge >= 0.3 is 5.97 Å². The quantitative estimate of drug-likeness (QED) is 0.806. The number of esters is 1. The lowest BCUT2D eigenvalue weighted by molar-refractivity contribution is -0.147. The van der Waals surface area contributed by atoms with Crippen molar-refractivity contribution in [1.82, 2.24) is 4.90 Å². The lowest BCUT2D eigenvalue weighted by atomic mass is 10.0. The maximum absolute atomic E-state index is 12.5. The highest BCUT2D eigenvalue weighted by Crippen LogP contribution is 2.33. The van der Waals surface area contributed by atoms with Crippen molar-refractivity contribution in [3.63, 3.8) is 0 Å². The van der Waals surface area contributed by atoms with Crippen molar-refractivity contribution in [3.05, 3.63) is 56.6 Å². The Morgan fingerprint density at radius 1 is 1.52 bits per heavy atom. The summed E-state index contributed by atoms with van der Waals surface area (Å²) in [6, 6.07) is -0.459. The van der Waals surface area contributed by atoms with Gasteiger partial charge in [-0.1, -0.05) is 29.7 Å². The summed E-state index contributed by atoms with van der Waals surface area (Å²) in [4.78, 5) is 15.6. The van der Waals surface area contributed by atoms with Crippen molar-refractivity contribution < 1.29 is 15.0 Å². The van der Waals surface area contributed by atoms with Crippen molar-refractivity contribution in [2.24, 2.45) is 0 Å². The molecule has 0 unspecified atom stereocenters. The molecule has 1 aliphatic heterocycles. The fourth-order valence-electron chi connectivity index (χ4n) is 2.55. The van der Waals surface area contributed by atoms with E-state index in [0.29, 0.717) is 13.1 Å². The van der Waals surface area contributed by atoms with Gasteiger partial charge in [0.1, 0.15) is 6.04 Å². The van der Waals surface area contributed by atoms with Crippen LogP contribution in [0.15, 0.2) is 35.6 Å². The smallest absolute Gasteiger partial charge is 0.327 e. The van der Waals surface area contributed by atoms with Gasteiger partial charge in [-0.15, -0.1) is 11.3 Å². The Morgan fingerprint density at radius 2 is 2.33 bits per heavy atom. The number of nitrogens with zero attached hydrogens (tertiary/aromatic N) is 1. The first-order chi connectivity index (χ1) is 11.9. The number of benzene rings is 1. The van der Waals surface area contributed by atoms with E-state index in [-0.39, 0.29) is 22.7 Å². The molecule has 1 aromatic heterocycles. The van der Waals surface area contributed by atoms with Crippen LogP contribution >= 0.6 is 22.9 Å². The predicted octanol–water partition coefficient (Wildman–Crippen LogP) is 3.67. The summed E-state index contributed by atoms with van der Waals surface area (Å²) in [5.74, 6) is -0.592. The summed E-state index contributed by atoms with van der Waals surface area (Å²) in [6.07, 6.45) is 0.767. The van der Waals surface area contributed by atoms with Crippen LogP contribution in [0.4, 0.5) is 0 Å². The van der Waals surface area contributed by atoms with E-state index in [9.17, 15) is 4.79 Å². The molecule has 0 amide bonds. The van der Waals surface area contributed by atoms with Gasteiger partial charge in [-0.2, -0.15) is 0 Å². The zero-order chi connectivity index (χ0) is 18.3. The molecule has 0 spiro atoms. The zero-order valence-electron chi connectivity index (χ0n) is 15.4. The van der Waals surface area contributed by atoms with Crippen LogP contribution in [-0.2, 0) is 22.5 Å². The van der Waals surface area contributed by atoms with E-state index in [1.165, 1.54) is 12.0 Å². The third kappa shape index (κ3) is 2.84. The van der Waals surface area contributed by atoms with E-state index < -0.39 is 24.1 Å². The molecular weight excluding hydrogens is 306 g/mol. The number of hydrogen-bond acceptors (Lipinski definition) is 4. The van der Waals surface area contributed by atoms with Gasteiger partial charge in [0.15, 0.2) is 0 Å². The Balaban J connectivity index is 2.11. The van der Waals surface area contributed by atoms with Crippen molar-refractivity contribution in [2.45, 2.75) is 19.0 Å². The molecule has 110 valence electrons. The van der Waals surface area contributed by atoms with Crippen LogP contribution in [0.3, 0.4) is 0 Å². The van der Waals surface area contributed by atoms with E-state index in [2.05, 4.69) is 0 Å². The first-order valence-corrected chi connectivity index (χ1v) is 7.75. The highest BCUT2D eigenvalue weighted by molar-refractivity contribution is 7.10. The summed E-state index contributed by atoms with van der Waals surface area (Å²) in [5, 5.41) is 1.86. The number of rotatable bonds is 3. The second-order valence-corrected chi connectivity index (χ2v) is 6.12. The average Bonchev–Trinajstić information content (AvgIpc) is 3.09. The van der Waals surface area contributed by atoms with E-state index in [4.69, 9.17) is 21.8 Å². The van der Waals surface area contributed by atoms with Gasteiger partial charge in [-0.25, -0.2) is 4.79 Å². The minimum absolute atomic E-state index is 0.0678. The van der Waals surface area contributed by atoms with Crippen molar-refractivity contribution >= 4 is 28.9 Å². The molecule has 1 aliphatic rings. The number of hydrogen-bond donors (Lipinski definition) is 0. The van der Waals surface area contributed by atoms with Gasteiger partial charge in [-0.05, 0) is 35.0 Å². The molecule has 0 fully saturated rings. The standard InChI is InChI=1S/C16H16ClNO2S/c1-20-16(19)15(12-4-2-3-5-13(12)17)18-8-6-14-11(10-18)7-9-21-14/h2-5,7,9,15H,6,8,10H2,1H3/t15-/m0/s1/i2D,3D,4D,5D. The Kier molecular flexibility index (Phi) is 3.05. The molecule has 2 heterocycles. The molecule has 1 atom stereocenters. The maximum atomic E-state index is 12.5. The minimum atomic E-state index is -0.980. The lowest BCUT2D eigenvalue weighted by Gasteiger charge is -2.33. The maximum Gasteiger partial charge on any atom is 0.327 e. The highest BCUT2D eigenvalue weighted by Gasteiger charge is 2.32. The number of thiophene rings is 1. The number of fused-ring (bicyclic) bond motifs is 1. The van der Waals surface area contributed by atoms with Crippen molar-refractivity contribution in [3.8, 4) is 0 Å². The lowest BCUT2D eigenvalue weighted by Crippen LogP contribution is -2.38. The summed E-state index contributed by atoms with van der Waals surface area (Å²) in [6.45, 7) is 1.07. The number of carbonyl (C=O) groups is 1. The summed E-state index contributed by atoms with van der Waals surface area (Å²) in [7, 11) is 1.26. The second kappa shape index (κ2) is 6.18. The summed E-state index contributed by atoms with van der Waals surface area (Å²) in [5.41, 5.74) is 1.18. The van der Waals surface area contributed by atoms with Crippen LogP contribution in [0.1, 0.15) is 27.5 Å². The normalized spacial score (nSPS) is 19.0. The highest BCUT2D eigenvalue weighted by atomic mass is 35.5. The van der Waals surface area contributed by atoms with Crippen LogP contribution in [0, 0.1) is 0 Å². The van der Waals surface area contributed by atoms with Gasteiger partial charge in [0.25, 0.3) is 0 Å². The van der Waals surface area contributed by atoms with Crippen LogP contribution in [0.5, 0.6) is 0 Å². The number of carbonyl (C=O) groups excluding carboxylic acids is 1. The van der Waals surface area contributed by atoms with E-state index in [0.717, 1.165) is 12.0 Å². The van der Waals surface area contributed by atoms with Gasteiger partial charge in [0.2, 0.25) is 0 Å². The third-order valence-electron chi connectivity index (χ3n) is 3.57. The van der Waals surface area contributed by atoms with Crippen LogP contribution < -0.4 is 0 Å². The predicted molar refractivity (Wildman–Crippen MR) is 84.6 cm³/mol. The Bertz CT molecular complexity index is 813. The monoisotopic (exact) mass is 325 g/mol. The molecule has 0 saturated carbocycles. The fraction of sp³-hybridized carbons (Fsp3) is 0.312. The second-order valence-electron chi connectivity index (χ2n) is 4.74. The first-order valence-electron chi connectivity index (χ1n) is 8.49. The molecule has 3 nitrogen and oxygen atoms in total. The van der Waals surface area contributed by atoms with E-state index >= 15 is 0 Å². The number of methoxy groups -OCH3 is 1. The third-order valence-corrected chi connectivity index (χ3v) is 4.89. The molecule has 5 heteroatoms. The van der Waals surface area contributed by atoms with Crippen LogP contribution in [0.2, 0.25) is 5.02 Å². The van der Waals surface area contributed by atoms with E-state index in [1.54, 1.807) is 11.3 Å². The summed E-state index contributed by atoms with van der Waals surface area (Å²) < 4.78 is 36.7. The first kappa shape index (κ1) is 10.4. The molecule has 2 aromatic rings. The number of ether oxygens (including phenoxy) is 1. The average molecular weight is 326 g/mol. The summed E-state index contributed by atoms with van der Waals surface area (Å²) >= 11 is 7.90. The SMILES string of the molecule is [2H]c1c([2H])c([2H])c([C@@H](C(=O)OC)N2CCc3sccc3C2)c(Cl)c1[2H]. The molecule has 0 bridgehead atoms. The molecule has 21 heavy (non-hydrogen) atoms. The van der Waals surface area contributed by atoms with Gasteiger partial charge in [0.05, 0.1) is 12.6 Å². The molecule has 1 aromatic carbocycles. The Hall–Kier alpha value is -1.36. The minimum Gasteiger partial charge on any atom is -0.468 e. The molecule has 3 rings (SSSR count). The van der Waals surface area contributed by atoms with Gasteiger partial charge < -0.3 is 4.74 Å². The van der Waals surface area contributed by atoms with Crippen molar-refractivity contribution in [1.29, 1.82) is 0 Å². The number of halogens is 1. The Morgan fingerprint density at radius 3 is 3.14 bits per heavy atom. The van der Waals surface area contributed by atoms with Gasteiger partial charge in [-0.3, -0.25) is 4.90 Å².